The summed E-state index contributed by atoms with van der Waals surface area (Å²) < 4.78 is 68.2. The summed E-state index contributed by atoms with van der Waals surface area (Å²) in [5, 5.41) is 5.45. The van der Waals surface area contributed by atoms with Gasteiger partial charge < -0.3 is 5.32 Å². The van der Waals surface area contributed by atoms with Gasteiger partial charge in [-0.1, -0.05) is 0 Å². The van der Waals surface area contributed by atoms with Gasteiger partial charge in [0.05, 0.1) is 0 Å². The Kier molecular flexibility index (Phi) is 2.84. The quantitative estimate of drug-likeness (QED) is 0.852. The van der Waals surface area contributed by atoms with Crippen molar-refractivity contribution in [1.29, 1.82) is 0 Å². The van der Waals surface area contributed by atoms with Crippen LogP contribution in [0.1, 0.15) is 35.7 Å². The number of aromatic nitrogens is 2. The Labute approximate surface area is 116 Å². The van der Waals surface area contributed by atoms with Gasteiger partial charge in [0, 0.05) is 18.5 Å². The molecule has 1 N–H and O–H groups in total. The van der Waals surface area contributed by atoms with E-state index in [-0.39, 0.29) is 6.42 Å². The van der Waals surface area contributed by atoms with E-state index in [1.165, 1.54) is 7.05 Å². The maximum absolute atomic E-state index is 14.3. The molecule has 2 atom stereocenters. The van der Waals surface area contributed by atoms with Crippen LogP contribution in [0.2, 0.25) is 0 Å². The lowest BCUT2D eigenvalue weighted by atomic mass is 9.73. The summed E-state index contributed by atoms with van der Waals surface area (Å²) in [5.74, 6) is -5.97. The molecule has 1 aromatic rings. The van der Waals surface area contributed by atoms with E-state index in [1.54, 1.807) is 0 Å². The van der Waals surface area contributed by atoms with Crippen molar-refractivity contribution in [3.63, 3.8) is 0 Å². The van der Waals surface area contributed by atoms with Crippen LogP contribution in [-0.4, -0.2) is 22.7 Å². The van der Waals surface area contributed by atoms with Crippen LogP contribution < -0.4 is 5.32 Å². The molecule has 1 aromatic heterocycles. The predicted molar refractivity (Wildman–Crippen MR) is 60.7 cm³/mol. The van der Waals surface area contributed by atoms with Crippen LogP contribution in [0.15, 0.2) is 0 Å². The molecule has 21 heavy (non-hydrogen) atoms. The Morgan fingerprint density at radius 1 is 1.43 bits per heavy atom. The minimum atomic E-state index is -4.81. The molecule has 4 nitrogen and oxygen atoms in total. The summed E-state index contributed by atoms with van der Waals surface area (Å²) in [7, 11) is 1.28. The van der Waals surface area contributed by atoms with Gasteiger partial charge >= 0.3 is 6.18 Å². The van der Waals surface area contributed by atoms with Crippen LogP contribution in [0.5, 0.6) is 0 Å². The molecular formula is C12H12F5N3O. The highest BCUT2D eigenvalue weighted by Gasteiger charge is 2.63. The van der Waals surface area contributed by atoms with Crippen molar-refractivity contribution in [2.45, 2.75) is 37.4 Å². The summed E-state index contributed by atoms with van der Waals surface area (Å²) >= 11 is 0. The monoisotopic (exact) mass is 309 g/mol. The van der Waals surface area contributed by atoms with Gasteiger partial charge in [-0.3, -0.25) is 9.48 Å². The molecule has 3 rings (SSSR count). The third-order valence-corrected chi connectivity index (χ3v) is 4.26. The Morgan fingerprint density at radius 2 is 2.10 bits per heavy atom. The van der Waals surface area contributed by atoms with E-state index in [2.05, 4.69) is 10.4 Å². The molecule has 0 saturated heterocycles. The Morgan fingerprint density at radius 3 is 2.57 bits per heavy atom. The van der Waals surface area contributed by atoms with Gasteiger partial charge in [0.15, 0.2) is 5.69 Å². The van der Waals surface area contributed by atoms with Crippen LogP contribution in [0.3, 0.4) is 0 Å². The van der Waals surface area contributed by atoms with E-state index in [0.717, 1.165) is 0 Å². The Hall–Kier alpha value is -1.67. The van der Waals surface area contributed by atoms with Crippen molar-refractivity contribution in [2.75, 3.05) is 7.05 Å². The van der Waals surface area contributed by atoms with E-state index in [9.17, 15) is 26.7 Å². The topological polar surface area (TPSA) is 46.9 Å². The molecule has 2 unspecified atom stereocenters. The van der Waals surface area contributed by atoms with Gasteiger partial charge in [-0.05, 0) is 18.8 Å². The molecule has 2 aliphatic carbocycles. The van der Waals surface area contributed by atoms with E-state index in [0.29, 0.717) is 11.1 Å². The van der Waals surface area contributed by atoms with Gasteiger partial charge in [-0.2, -0.15) is 27.1 Å². The van der Waals surface area contributed by atoms with E-state index >= 15 is 0 Å². The number of carbonyl (C=O) groups excluding carboxylic acids is 1. The Balaban J connectivity index is 2.16. The second kappa shape index (κ2) is 4.17. The number of hydrogen-bond donors (Lipinski definition) is 1. The van der Waals surface area contributed by atoms with Crippen molar-refractivity contribution in [1.82, 2.24) is 15.1 Å². The minimum Gasteiger partial charge on any atom is -0.358 e. The summed E-state index contributed by atoms with van der Waals surface area (Å²) in [5.41, 5.74) is -2.45. The molecule has 9 heteroatoms. The van der Waals surface area contributed by atoms with Crippen LogP contribution >= 0.6 is 0 Å². The molecule has 0 aliphatic heterocycles. The van der Waals surface area contributed by atoms with Crippen LogP contribution in [0.25, 0.3) is 0 Å². The van der Waals surface area contributed by atoms with Crippen molar-refractivity contribution in [3.8, 4) is 0 Å². The van der Waals surface area contributed by atoms with Gasteiger partial charge in [-0.25, -0.2) is 0 Å². The smallest absolute Gasteiger partial charge is 0.358 e. The zero-order chi connectivity index (χ0) is 15.6. The van der Waals surface area contributed by atoms with Crippen molar-refractivity contribution < 1.29 is 26.7 Å². The number of hydrogen-bond acceptors (Lipinski definition) is 2. The third-order valence-electron chi connectivity index (χ3n) is 4.26. The van der Waals surface area contributed by atoms with Gasteiger partial charge in [0.25, 0.3) is 5.92 Å². The fraction of sp³-hybridized carbons (Fsp3) is 0.667. The first-order valence-electron chi connectivity index (χ1n) is 6.44. The maximum atomic E-state index is 14.3. The summed E-state index contributed by atoms with van der Waals surface area (Å²) in [6, 6.07) is 0. The molecule has 2 aliphatic rings. The predicted octanol–water partition coefficient (Wildman–Crippen LogP) is 2.25. The zero-order valence-electron chi connectivity index (χ0n) is 11.0. The summed E-state index contributed by atoms with van der Waals surface area (Å²) in [6.45, 7) is -0.649. The van der Waals surface area contributed by atoms with Gasteiger partial charge in [-0.15, -0.1) is 0 Å². The molecule has 0 bridgehead atoms. The first-order valence-corrected chi connectivity index (χ1v) is 6.44. The molecule has 1 fully saturated rings. The number of halogens is 5. The van der Waals surface area contributed by atoms with Crippen molar-refractivity contribution in [3.05, 3.63) is 17.0 Å². The van der Waals surface area contributed by atoms with E-state index in [1.807, 2.05) is 0 Å². The number of fused-ring (bicyclic) bond motifs is 3. The molecule has 0 radical (unpaired) electrons. The second-order valence-corrected chi connectivity index (χ2v) is 5.35. The molecule has 0 aromatic carbocycles. The standard InChI is InChI=1S/C12H12F5N3O/c1-18-7(21)4-20-10-8(9(19-20)12(15,16)17)5-2-3-6(5)11(10,13)14/h5-6H,2-4H2,1H3,(H,18,21). The largest absolute Gasteiger partial charge is 0.435 e. The average Bonchev–Trinajstić information content (AvgIpc) is 2.72. The first-order chi connectivity index (χ1) is 9.67. The summed E-state index contributed by atoms with van der Waals surface area (Å²) in [4.78, 5) is 11.3. The normalized spacial score (nSPS) is 26.0. The SMILES string of the molecule is CNC(=O)Cn1nc(C(F)(F)F)c2c1C(F)(F)C1CCC21. The minimum absolute atomic E-state index is 0.184. The van der Waals surface area contributed by atoms with E-state index in [4.69, 9.17) is 0 Å². The van der Waals surface area contributed by atoms with Crippen LogP contribution in [-0.2, 0) is 23.4 Å². The highest BCUT2D eigenvalue weighted by atomic mass is 19.4. The lowest BCUT2D eigenvalue weighted by molar-refractivity contribution is -0.143. The van der Waals surface area contributed by atoms with Gasteiger partial charge in [0.1, 0.15) is 12.2 Å². The number of nitrogens with one attached hydrogen (secondary N) is 1. The molecule has 0 spiro atoms. The highest BCUT2D eigenvalue weighted by molar-refractivity contribution is 5.75. The third kappa shape index (κ3) is 1.86. The van der Waals surface area contributed by atoms with Crippen LogP contribution in [0, 0.1) is 5.92 Å². The summed E-state index contributed by atoms with van der Waals surface area (Å²) in [6.07, 6.45) is -4.33. The van der Waals surface area contributed by atoms with Crippen molar-refractivity contribution >= 4 is 5.91 Å². The Bertz CT molecular complexity index is 607. The van der Waals surface area contributed by atoms with E-state index < -0.39 is 53.3 Å². The number of likely N-dealkylation sites (N-methyl/N-ethyl adjacent to an activating group) is 1. The molecule has 1 saturated carbocycles. The lowest BCUT2D eigenvalue weighted by Crippen LogP contribution is -2.34. The number of nitrogens with zero attached hydrogens (tertiary/aromatic N) is 2. The second-order valence-electron chi connectivity index (χ2n) is 5.35. The molecule has 1 heterocycles. The number of rotatable bonds is 2. The van der Waals surface area contributed by atoms with Crippen LogP contribution in [0.4, 0.5) is 22.0 Å². The number of amides is 1. The lowest BCUT2D eigenvalue weighted by Gasteiger charge is -2.34. The molecular weight excluding hydrogens is 297 g/mol. The van der Waals surface area contributed by atoms with Crippen molar-refractivity contribution in [2.24, 2.45) is 5.92 Å². The molecule has 116 valence electrons. The first kappa shape index (κ1) is 14.3. The fourth-order valence-corrected chi connectivity index (χ4v) is 3.17. The average molecular weight is 309 g/mol. The fourth-order valence-electron chi connectivity index (χ4n) is 3.17. The zero-order valence-corrected chi connectivity index (χ0v) is 11.0. The maximum Gasteiger partial charge on any atom is 0.435 e. The van der Waals surface area contributed by atoms with Gasteiger partial charge in [0.2, 0.25) is 5.91 Å². The highest BCUT2D eigenvalue weighted by Crippen LogP contribution is 2.63. The number of carbonyl (C=O) groups is 1. The molecule has 1 amide bonds. The number of alkyl halides is 5.